The second kappa shape index (κ2) is 17.5. The molecule has 1 atom stereocenters. The Kier molecular flexibility index (Phi) is 14.7. The van der Waals surface area contributed by atoms with E-state index >= 15 is 0 Å². The first kappa shape index (κ1) is 38.7. The number of ether oxygens (including phenoxy) is 2. The van der Waals surface area contributed by atoms with Crippen molar-refractivity contribution in [3.8, 4) is 0 Å². The van der Waals surface area contributed by atoms with Crippen LogP contribution < -0.4 is 5.32 Å². The van der Waals surface area contributed by atoms with E-state index in [1.807, 2.05) is 59.6 Å². The minimum absolute atomic E-state index is 0.0551. The maximum Gasteiger partial charge on any atom is 0.186 e. The first-order chi connectivity index (χ1) is 21.6. The van der Waals surface area contributed by atoms with E-state index in [9.17, 15) is 9.50 Å². The van der Waals surface area contributed by atoms with Gasteiger partial charge in [0.25, 0.3) is 0 Å². The average Bonchev–Trinajstić information content (AvgIpc) is 3.00. The minimum atomic E-state index is -0.367. The molecule has 8 heteroatoms. The fourth-order valence-electron chi connectivity index (χ4n) is 5.45. The minimum Gasteiger partial charge on any atom is -0.513 e. The van der Waals surface area contributed by atoms with Crippen molar-refractivity contribution in [2.75, 3.05) is 38.7 Å². The molecule has 2 heterocycles. The first-order valence-corrected chi connectivity index (χ1v) is 17.4. The molecular weight excluding hydrogens is 596 g/mol. The predicted molar refractivity (Wildman–Crippen MR) is 196 cm³/mol. The van der Waals surface area contributed by atoms with Crippen LogP contribution in [0.1, 0.15) is 80.7 Å². The van der Waals surface area contributed by atoms with Gasteiger partial charge in [0.2, 0.25) is 0 Å². The smallest absolute Gasteiger partial charge is 0.186 e. The Hall–Kier alpha value is -3.44. The number of hydrogen-bond donors (Lipinski definition) is 2. The van der Waals surface area contributed by atoms with E-state index in [-0.39, 0.29) is 23.6 Å². The molecule has 2 aliphatic rings. The van der Waals surface area contributed by atoms with E-state index in [1.54, 1.807) is 13.2 Å². The summed E-state index contributed by atoms with van der Waals surface area (Å²) in [6.45, 7) is 28.1. The van der Waals surface area contributed by atoms with Gasteiger partial charge in [-0.25, -0.2) is 4.39 Å². The second-order valence-electron chi connectivity index (χ2n) is 12.5. The molecular formula is C38H57FN3O3P. The molecule has 1 aromatic rings. The molecule has 1 unspecified atom stereocenters. The van der Waals surface area contributed by atoms with Gasteiger partial charge in [0, 0.05) is 49.8 Å². The van der Waals surface area contributed by atoms with E-state index in [0.29, 0.717) is 25.7 Å². The molecule has 46 heavy (non-hydrogen) atoms. The lowest BCUT2D eigenvalue weighted by atomic mass is 9.91. The second-order valence-corrected chi connectivity index (χ2v) is 13.6. The van der Waals surface area contributed by atoms with Crippen LogP contribution in [0.3, 0.4) is 0 Å². The molecule has 0 spiro atoms. The summed E-state index contributed by atoms with van der Waals surface area (Å²) in [4.78, 5) is 4.56. The Bertz CT molecular complexity index is 1430. The van der Waals surface area contributed by atoms with Crippen LogP contribution in [-0.4, -0.2) is 53.9 Å². The molecule has 0 aliphatic carbocycles. The van der Waals surface area contributed by atoms with Crippen molar-refractivity contribution in [3.05, 3.63) is 111 Å². The summed E-state index contributed by atoms with van der Waals surface area (Å²) in [5, 5.41) is 12.7. The van der Waals surface area contributed by atoms with Crippen LogP contribution in [0.15, 0.2) is 100 Å². The molecule has 0 aromatic heterocycles. The number of anilines is 1. The number of halogens is 1. The van der Waals surface area contributed by atoms with Crippen LogP contribution in [-0.2, 0) is 15.9 Å². The van der Waals surface area contributed by atoms with Crippen LogP contribution in [0, 0.1) is 5.82 Å². The third-order valence-electron chi connectivity index (χ3n) is 7.90. The van der Waals surface area contributed by atoms with Crippen LogP contribution >= 0.6 is 8.58 Å². The molecule has 2 N–H and O–H groups in total. The topological polar surface area (TPSA) is 57.2 Å². The lowest BCUT2D eigenvalue weighted by molar-refractivity contribution is 0.0166. The van der Waals surface area contributed by atoms with Gasteiger partial charge in [-0.05, 0) is 110 Å². The zero-order chi connectivity index (χ0) is 34.8. The molecule has 254 valence electrons. The summed E-state index contributed by atoms with van der Waals surface area (Å²) < 4.78 is 26.5. The number of aliphatic hydroxyl groups is 1. The molecule has 1 saturated heterocycles. The fourth-order valence-corrected chi connectivity index (χ4v) is 6.94. The van der Waals surface area contributed by atoms with Gasteiger partial charge in [0.05, 0.1) is 18.6 Å². The molecule has 2 aliphatic heterocycles. The summed E-state index contributed by atoms with van der Waals surface area (Å²) >= 11 is 0. The van der Waals surface area contributed by atoms with E-state index in [0.717, 1.165) is 49.0 Å². The van der Waals surface area contributed by atoms with Crippen molar-refractivity contribution in [3.63, 3.8) is 0 Å². The van der Waals surface area contributed by atoms with Gasteiger partial charge in [-0.15, -0.1) is 0 Å². The van der Waals surface area contributed by atoms with Crippen molar-refractivity contribution in [2.45, 2.75) is 87.2 Å². The number of aliphatic hydroxyl groups excluding tert-OH is 1. The molecule has 1 fully saturated rings. The van der Waals surface area contributed by atoms with Crippen molar-refractivity contribution >= 4 is 14.3 Å². The van der Waals surface area contributed by atoms with Gasteiger partial charge in [0.1, 0.15) is 16.9 Å². The normalized spacial score (nSPS) is 18.3. The van der Waals surface area contributed by atoms with E-state index in [4.69, 9.17) is 9.47 Å². The maximum absolute atomic E-state index is 14.5. The van der Waals surface area contributed by atoms with E-state index in [2.05, 4.69) is 56.3 Å². The Labute approximate surface area is 279 Å². The van der Waals surface area contributed by atoms with Gasteiger partial charge in [-0.3, -0.25) is 0 Å². The third kappa shape index (κ3) is 10.6. The zero-order valence-corrected chi connectivity index (χ0v) is 31.1. The number of nitrogens with zero attached hydrogens (tertiary/aromatic N) is 2. The number of likely N-dealkylation sites (N-methyl/N-ethyl adjacent to an activating group) is 1. The highest BCUT2D eigenvalue weighted by Crippen LogP contribution is 2.43. The quantitative estimate of drug-likeness (QED) is 0.183. The Morgan fingerprint density at radius 1 is 1.22 bits per heavy atom. The monoisotopic (exact) mass is 653 g/mol. The highest BCUT2D eigenvalue weighted by Gasteiger charge is 2.30. The highest BCUT2D eigenvalue weighted by molar-refractivity contribution is 7.43. The molecule has 0 amide bonds. The SMILES string of the molecule is C=C(O)Cc1ccc(N/C(C)=C/C=C2/CCN(C3=C(C)C(N(C)C(=C)OC(C)(C)C)=C(OC)PC3)C/C2=C(/C)CC)cc1F.CC. The Morgan fingerprint density at radius 3 is 2.46 bits per heavy atom. The number of likely N-dealkylation sites (tertiary alicyclic amines) is 1. The van der Waals surface area contributed by atoms with Crippen molar-refractivity contribution in [1.82, 2.24) is 9.80 Å². The fraction of sp³-hybridized carbons (Fsp3) is 0.474. The first-order valence-electron chi connectivity index (χ1n) is 16.2. The number of nitrogens with one attached hydrogen (secondary N) is 1. The van der Waals surface area contributed by atoms with Crippen molar-refractivity contribution in [1.29, 1.82) is 0 Å². The van der Waals surface area contributed by atoms with Crippen molar-refractivity contribution < 1.29 is 19.0 Å². The van der Waals surface area contributed by atoms with Crippen LogP contribution in [0.4, 0.5) is 10.1 Å². The molecule has 0 bridgehead atoms. The summed E-state index contributed by atoms with van der Waals surface area (Å²) in [5.74, 6) is 0.179. The number of rotatable bonds is 11. The van der Waals surface area contributed by atoms with Crippen molar-refractivity contribution in [2.24, 2.45) is 0 Å². The predicted octanol–water partition coefficient (Wildman–Crippen LogP) is 10.1. The van der Waals surface area contributed by atoms with Gasteiger partial charge < -0.3 is 29.7 Å². The Balaban J connectivity index is 0.00000361. The van der Waals surface area contributed by atoms with Gasteiger partial charge >= 0.3 is 0 Å². The highest BCUT2D eigenvalue weighted by atomic mass is 31.1. The average molecular weight is 654 g/mol. The van der Waals surface area contributed by atoms with Crippen LogP contribution in [0.25, 0.3) is 0 Å². The molecule has 3 rings (SSSR count). The standard InChI is InChI=1S/C36H51FN3O3P.C2H6/c1-12-23(2)31-21-40(33-22-44-35(42-11)34(26(33)5)39(10)27(6)43-36(7,8)9)18-17-28(31)14-13-24(3)38-30-16-15-29(19-25(4)41)32(37)20-30;1-2/h13-16,20,38,41,44H,4,6,12,17-19,21-22H2,1-3,5,7-11H3;1-2H3/b24-13+,28-14-,31-23+;. The Morgan fingerprint density at radius 2 is 1.89 bits per heavy atom. The molecule has 1 aromatic carbocycles. The third-order valence-corrected chi connectivity index (χ3v) is 9.17. The zero-order valence-electron chi connectivity index (χ0n) is 30.1. The van der Waals surface area contributed by atoms with Gasteiger partial charge in [0.15, 0.2) is 5.88 Å². The van der Waals surface area contributed by atoms with Crippen LogP contribution in [0.5, 0.6) is 0 Å². The number of methoxy groups -OCH3 is 1. The summed E-state index contributed by atoms with van der Waals surface area (Å²) in [5.41, 5.74) is 10.3. The summed E-state index contributed by atoms with van der Waals surface area (Å²) in [7, 11) is 4.27. The number of benzene rings is 1. The lowest BCUT2D eigenvalue weighted by Crippen LogP contribution is -2.36. The molecule has 0 saturated carbocycles. The van der Waals surface area contributed by atoms with Crippen LogP contribution in [0.2, 0.25) is 0 Å². The van der Waals surface area contributed by atoms with E-state index in [1.165, 1.54) is 34.1 Å². The number of piperidine rings is 1. The number of hydrogen-bond acceptors (Lipinski definition) is 6. The molecule has 0 radical (unpaired) electrons. The van der Waals surface area contributed by atoms with Gasteiger partial charge in [-0.1, -0.05) is 45.1 Å². The van der Waals surface area contributed by atoms with Gasteiger partial charge in [-0.2, -0.15) is 0 Å². The summed E-state index contributed by atoms with van der Waals surface area (Å²) in [6, 6.07) is 4.95. The lowest BCUT2D eigenvalue weighted by Gasteiger charge is -2.40. The summed E-state index contributed by atoms with van der Waals surface area (Å²) in [6.07, 6.45) is 7.24. The van der Waals surface area contributed by atoms with E-state index < -0.39 is 0 Å². The maximum atomic E-state index is 14.5. The molecule has 6 nitrogen and oxygen atoms in total. The largest absolute Gasteiger partial charge is 0.513 e. The number of allylic oxidation sites excluding steroid dienone is 7.